The molecule has 154 valence electrons. The van der Waals surface area contributed by atoms with Crippen molar-refractivity contribution in [3.05, 3.63) is 59.2 Å². The quantitative estimate of drug-likeness (QED) is 0.756. The van der Waals surface area contributed by atoms with E-state index in [1.54, 1.807) is 14.2 Å². The molecule has 0 bridgehead atoms. The van der Waals surface area contributed by atoms with Gasteiger partial charge in [-0.15, -0.1) is 0 Å². The van der Waals surface area contributed by atoms with Crippen molar-refractivity contribution in [2.24, 2.45) is 5.92 Å². The topological polar surface area (TPSA) is 52.0 Å². The van der Waals surface area contributed by atoms with Gasteiger partial charge in [0, 0.05) is 23.5 Å². The first-order chi connectivity index (χ1) is 14.1. The molecule has 1 unspecified atom stereocenters. The number of nitrogens with one attached hydrogen (secondary N) is 2. The van der Waals surface area contributed by atoms with E-state index >= 15 is 0 Å². The smallest absolute Gasteiger partial charge is 0.223 e. The van der Waals surface area contributed by atoms with Crippen LogP contribution in [0.1, 0.15) is 42.5 Å². The van der Waals surface area contributed by atoms with Crippen molar-refractivity contribution >= 4 is 5.91 Å². The third kappa shape index (κ3) is 4.25. The lowest BCUT2D eigenvalue weighted by atomic mass is 9.87. The lowest BCUT2D eigenvalue weighted by Crippen LogP contribution is -3.13. The summed E-state index contributed by atoms with van der Waals surface area (Å²) in [7, 11) is 3.35. The highest BCUT2D eigenvalue weighted by Crippen LogP contribution is 2.35. The molecule has 5 heteroatoms. The number of ether oxygens (including phenoxy) is 2. The van der Waals surface area contributed by atoms with E-state index in [2.05, 4.69) is 54.7 Å². The zero-order chi connectivity index (χ0) is 20.4. The van der Waals surface area contributed by atoms with Gasteiger partial charge in [0.1, 0.15) is 12.6 Å². The minimum absolute atomic E-state index is 0.0407. The maximum Gasteiger partial charge on any atom is 0.223 e. The first-order valence-electron chi connectivity index (χ1n) is 10.5. The van der Waals surface area contributed by atoms with E-state index in [1.165, 1.54) is 21.6 Å². The lowest BCUT2D eigenvalue weighted by molar-refractivity contribution is -0.948. The van der Waals surface area contributed by atoms with Gasteiger partial charge in [-0.05, 0) is 37.5 Å². The van der Waals surface area contributed by atoms with Crippen LogP contribution in [0.2, 0.25) is 0 Å². The molecule has 2 N–H and O–H groups in total. The van der Waals surface area contributed by atoms with Crippen LogP contribution >= 0.6 is 0 Å². The van der Waals surface area contributed by atoms with Crippen LogP contribution in [-0.4, -0.2) is 32.7 Å². The molecule has 2 aliphatic rings. The third-order valence-corrected chi connectivity index (χ3v) is 6.23. The Bertz CT molecular complexity index is 864. The van der Waals surface area contributed by atoms with Gasteiger partial charge in [0.05, 0.1) is 26.8 Å². The number of amides is 1. The van der Waals surface area contributed by atoms with Crippen LogP contribution in [-0.2, 0) is 17.8 Å². The molecule has 0 saturated heterocycles. The summed E-state index contributed by atoms with van der Waals surface area (Å²) < 4.78 is 11.1. The Labute approximate surface area is 173 Å². The second-order valence-corrected chi connectivity index (χ2v) is 8.28. The number of methoxy groups -OCH3 is 2. The van der Waals surface area contributed by atoms with Gasteiger partial charge in [-0.25, -0.2) is 0 Å². The van der Waals surface area contributed by atoms with Crippen LogP contribution in [0.3, 0.4) is 0 Å². The average Bonchev–Trinajstić information content (AvgIpc) is 3.58. The maximum atomic E-state index is 12.5. The number of quaternary nitrogens is 1. The summed E-state index contributed by atoms with van der Waals surface area (Å²) in [5, 5.41) is 3.30. The normalized spacial score (nSPS) is 21.8. The predicted molar refractivity (Wildman–Crippen MR) is 112 cm³/mol. The maximum absolute atomic E-state index is 12.5. The Kier molecular flexibility index (Phi) is 5.76. The van der Waals surface area contributed by atoms with E-state index in [0.717, 1.165) is 43.9 Å². The fourth-order valence-corrected chi connectivity index (χ4v) is 4.56. The Morgan fingerprint density at radius 3 is 2.48 bits per heavy atom. The predicted octanol–water partition coefficient (Wildman–Crippen LogP) is 2.30. The monoisotopic (exact) mass is 395 g/mol. The highest BCUT2D eigenvalue weighted by molar-refractivity contribution is 5.81. The molecule has 1 amide bonds. The summed E-state index contributed by atoms with van der Waals surface area (Å²) in [6, 6.07) is 15.0. The molecule has 2 aromatic rings. The van der Waals surface area contributed by atoms with E-state index in [9.17, 15) is 4.79 Å². The molecule has 1 heterocycles. The number of hydrogen-bond donors (Lipinski definition) is 2. The number of carbonyl (C=O) groups is 1. The van der Waals surface area contributed by atoms with Gasteiger partial charge in [-0.3, -0.25) is 4.79 Å². The number of fused-ring (bicyclic) bond motifs is 1. The standard InChI is InChI=1S/C24H30N2O3/c1-16(25-24(27)18-9-10-18)23-20-14-22(29-3)21(28-2)13-19(20)11-12-26(23)15-17-7-5-4-6-8-17/h4-8,13-14,16,18,23H,9-12,15H2,1-3H3,(H,25,27)/p+1/t16-,23-/m1/s1. The Morgan fingerprint density at radius 2 is 1.83 bits per heavy atom. The number of carbonyl (C=O) groups excluding carboxylic acids is 1. The average molecular weight is 396 g/mol. The summed E-state index contributed by atoms with van der Waals surface area (Å²) in [6.45, 7) is 4.09. The van der Waals surface area contributed by atoms with Crippen molar-refractivity contribution in [1.29, 1.82) is 0 Å². The van der Waals surface area contributed by atoms with Gasteiger partial charge in [0.2, 0.25) is 5.91 Å². The minimum Gasteiger partial charge on any atom is -0.493 e. The molecular weight excluding hydrogens is 364 g/mol. The third-order valence-electron chi connectivity index (χ3n) is 6.23. The first-order valence-corrected chi connectivity index (χ1v) is 10.5. The molecule has 2 aromatic carbocycles. The van der Waals surface area contributed by atoms with Crippen molar-refractivity contribution in [2.45, 2.75) is 44.8 Å². The lowest BCUT2D eigenvalue weighted by Gasteiger charge is -2.38. The number of benzene rings is 2. The van der Waals surface area contributed by atoms with E-state index in [1.807, 2.05) is 0 Å². The molecule has 1 aliphatic heterocycles. The second kappa shape index (κ2) is 8.46. The van der Waals surface area contributed by atoms with Crippen LogP contribution < -0.4 is 19.7 Å². The molecule has 29 heavy (non-hydrogen) atoms. The zero-order valence-corrected chi connectivity index (χ0v) is 17.5. The Morgan fingerprint density at radius 1 is 1.14 bits per heavy atom. The first kappa shape index (κ1) is 19.8. The van der Waals surface area contributed by atoms with Crippen LogP contribution in [0, 0.1) is 5.92 Å². The van der Waals surface area contributed by atoms with Crippen LogP contribution in [0.25, 0.3) is 0 Å². The highest BCUT2D eigenvalue weighted by atomic mass is 16.5. The number of rotatable bonds is 7. The van der Waals surface area contributed by atoms with Crippen LogP contribution in [0.5, 0.6) is 11.5 Å². The fraction of sp³-hybridized carbons (Fsp3) is 0.458. The summed E-state index contributed by atoms with van der Waals surface area (Å²) in [4.78, 5) is 14.0. The molecule has 4 rings (SSSR count). The van der Waals surface area contributed by atoms with Gasteiger partial charge in [-0.1, -0.05) is 30.3 Å². The fourth-order valence-electron chi connectivity index (χ4n) is 4.56. The minimum atomic E-state index is 0.0407. The van der Waals surface area contributed by atoms with Crippen LogP contribution in [0.15, 0.2) is 42.5 Å². The van der Waals surface area contributed by atoms with Crippen molar-refractivity contribution in [1.82, 2.24) is 5.32 Å². The molecule has 3 atom stereocenters. The molecule has 1 fully saturated rings. The molecule has 1 saturated carbocycles. The molecule has 0 aromatic heterocycles. The van der Waals surface area contributed by atoms with Gasteiger partial charge < -0.3 is 19.7 Å². The van der Waals surface area contributed by atoms with E-state index in [4.69, 9.17) is 9.47 Å². The van der Waals surface area contributed by atoms with Crippen molar-refractivity contribution < 1.29 is 19.2 Å². The van der Waals surface area contributed by atoms with Crippen molar-refractivity contribution in [3.63, 3.8) is 0 Å². The van der Waals surface area contributed by atoms with Crippen molar-refractivity contribution in [2.75, 3.05) is 20.8 Å². The zero-order valence-electron chi connectivity index (χ0n) is 17.5. The highest BCUT2D eigenvalue weighted by Gasteiger charge is 2.39. The second-order valence-electron chi connectivity index (χ2n) is 8.28. The Hall–Kier alpha value is -2.53. The molecule has 0 radical (unpaired) electrons. The molecule has 0 spiro atoms. The molecule has 1 aliphatic carbocycles. The van der Waals surface area contributed by atoms with Gasteiger partial charge in [0.25, 0.3) is 0 Å². The van der Waals surface area contributed by atoms with E-state index in [0.29, 0.717) is 0 Å². The van der Waals surface area contributed by atoms with E-state index < -0.39 is 0 Å². The van der Waals surface area contributed by atoms with Crippen LogP contribution in [0.4, 0.5) is 0 Å². The van der Waals surface area contributed by atoms with Crippen molar-refractivity contribution in [3.8, 4) is 11.5 Å². The molecule has 5 nitrogen and oxygen atoms in total. The summed E-state index contributed by atoms with van der Waals surface area (Å²) in [5.74, 6) is 1.93. The van der Waals surface area contributed by atoms with Gasteiger partial charge >= 0.3 is 0 Å². The van der Waals surface area contributed by atoms with E-state index in [-0.39, 0.29) is 23.9 Å². The SMILES string of the molecule is COc1cc2c(cc1OC)[C@@H]([C@@H](C)NC(=O)C1CC1)[NH+](Cc1ccccc1)CC2. The Balaban J connectivity index is 1.67. The molecular formula is C24H31N2O3+. The number of hydrogen-bond acceptors (Lipinski definition) is 3. The summed E-state index contributed by atoms with van der Waals surface area (Å²) in [6.07, 6.45) is 3.02. The summed E-state index contributed by atoms with van der Waals surface area (Å²) in [5.41, 5.74) is 3.86. The summed E-state index contributed by atoms with van der Waals surface area (Å²) >= 11 is 0. The van der Waals surface area contributed by atoms with Gasteiger partial charge in [-0.2, -0.15) is 0 Å². The van der Waals surface area contributed by atoms with Gasteiger partial charge in [0.15, 0.2) is 11.5 Å². The largest absolute Gasteiger partial charge is 0.493 e.